The summed E-state index contributed by atoms with van der Waals surface area (Å²) in [6.07, 6.45) is 1.69. The molecule has 30 heavy (non-hydrogen) atoms. The summed E-state index contributed by atoms with van der Waals surface area (Å²) in [7, 11) is 0. The number of nitrogens with zero attached hydrogens (tertiary/aromatic N) is 5. The molecule has 0 radical (unpaired) electrons. The first-order chi connectivity index (χ1) is 14.6. The lowest BCUT2D eigenvalue weighted by atomic mass is 10.2. The van der Waals surface area contributed by atoms with Gasteiger partial charge in [-0.25, -0.2) is 19.3 Å². The van der Waals surface area contributed by atoms with Crippen molar-refractivity contribution in [3.05, 3.63) is 57.9 Å². The van der Waals surface area contributed by atoms with Crippen molar-refractivity contribution < 1.29 is 4.39 Å². The highest BCUT2D eigenvalue weighted by Crippen LogP contribution is 2.34. The summed E-state index contributed by atoms with van der Waals surface area (Å²) >= 11 is 3.36. The van der Waals surface area contributed by atoms with Gasteiger partial charge in [-0.05, 0) is 43.7 Å². The van der Waals surface area contributed by atoms with E-state index in [0.717, 1.165) is 59.6 Å². The van der Waals surface area contributed by atoms with E-state index < -0.39 is 0 Å². The maximum Gasteiger partial charge on any atom is 0.141 e. The van der Waals surface area contributed by atoms with Gasteiger partial charge in [0.15, 0.2) is 0 Å². The zero-order chi connectivity index (χ0) is 20.7. The molecule has 1 aliphatic heterocycles. The number of thiazole rings is 1. The van der Waals surface area contributed by atoms with Crippen molar-refractivity contribution in [3.63, 3.8) is 0 Å². The SMILES string of the molecule is Cc1sc2ncnc(N3CCN(Cc4csc(-c5ccc(F)cc5)n4)CC3)c2c1C. The van der Waals surface area contributed by atoms with Crippen LogP contribution in [0.3, 0.4) is 0 Å². The molecule has 5 rings (SSSR count). The molecule has 1 saturated heterocycles. The van der Waals surface area contributed by atoms with Gasteiger partial charge in [-0.1, -0.05) is 0 Å². The molecule has 0 unspecified atom stereocenters. The number of halogens is 1. The van der Waals surface area contributed by atoms with Crippen LogP contribution in [0.5, 0.6) is 0 Å². The van der Waals surface area contributed by atoms with Gasteiger partial charge >= 0.3 is 0 Å². The second kappa shape index (κ2) is 8.02. The molecule has 0 bridgehead atoms. The van der Waals surface area contributed by atoms with Crippen LogP contribution in [-0.2, 0) is 6.54 Å². The fourth-order valence-corrected chi connectivity index (χ4v) is 5.66. The lowest BCUT2D eigenvalue weighted by molar-refractivity contribution is 0.247. The average Bonchev–Trinajstić information content (AvgIpc) is 3.33. The third-order valence-corrected chi connectivity index (χ3v) is 7.70. The minimum atomic E-state index is -0.220. The number of aromatic nitrogens is 3. The number of rotatable bonds is 4. The van der Waals surface area contributed by atoms with Crippen molar-refractivity contribution in [2.75, 3.05) is 31.1 Å². The van der Waals surface area contributed by atoms with Crippen molar-refractivity contribution in [1.29, 1.82) is 0 Å². The van der Waals surface area contributed by atoms with E-state index in [1.807, 2.05) is 0 Å². The van der Waals surface area contributed by atoms with E-state index in [0.29, 0.717) is 0 Å². The van der Waals surface area contributed by atoms with Crippen LogP contribution >= 0.6 is 22.7 Å². The smallest absolute Gasteiger partial charge is 0.141 e. The van der Waals surface area contributed by atoms with Gasteiger partial charge in [0.05, 0.1) is 11.1 Å². The van der Waals surface area contributed by atoms with E-state index in [-0.39, 0.29) is 5.82 Å². The Morgan fingerprint density at radius 3 is 2.57 bits per heavy atom. The van der Waals surface area contributed by atoms with Crippen molar-refractivity contribution in [1.82, 2.24) is 19.9 Å². The summed E-state index contributed by atoms with van der Waals surface area (Å²) in [5.41, 5.74) is 3.33. The van der Waals surface area contributed by atoms with E-state index in [1.54, 1.807) is 41.1 Å². The largest absolute Gasteiger partial charge is 0.353 e. The van der Waals surface area contributed by atoms with Crippen LogP contribution in [0.4, 0.5) is 10.2 Å². The Kier molecular flexibility index (Phi) is 5.22. The van der Waals surface area contributed by atoms with Crippen LogP contribution in [0.2, 0.25) is 0 Å². The van der Waals surface area contributed by atoms with E-state index in [1.165, 1.54) is 28.0 Å². The Hall–Kier alpha value is -2.42. The summed E-state index contributed by atoms with van der Waals surface area (Å²) in [6, 6.07) is 6.54. The Morgan fingerprint density at radius 2 is 1.80 bits per heavy atom. The minimum absolute atomic E-state index is 0.220. The lowest BCUT2D eigenvalue weighted by Gasteiger charge is -2.35. The van der Waals surface area contributed by atoms with Crippen LogP contribution in [0, 0.1) is 19.7 Å². The molecule has 3 aromatic heterocycles. The number of fused-ring (bicyclic) bond motifs is 1. The van der Waals surface area contributed by atoms with E-state index in [4.69, 9.17) is 4.98 Å². The third-order valence-electron chi connectivity index (χ3n) is 5.65. The second-order valence-corrected chi connectivity index (χ2v) is 9.64. The van der Waals surface area contributed by atoms with Crippen LogP contribution in [-0.4, -0.2) is 46.0 Å². The molecule has 1 aliphatic rings. The van der Waals surface area contributed by atoms with Gasteiger partial charge < -0.3 is 4.90 Å². The van der Waals surface area contributed by atoms with Crippen LogP contribution in [0.15, 0.2) is 36.0 Å². The molecule has 0 saturated carbocycles. The number of benzene rings is 1. The van der Waals surface area contributed by atoms with E-state index in [9.17, 15) is 4.39 Å². The van der Waals surface area contributed by atoms with Gasteiger partial charge in [0.25, 0.3) is 0 Å². The number of thiophene rings is 1. The highest BCUT2D eigenvalue weighted by molar-refractivity contribution is 7.18. The van der Waals surface area contributed by atoms with Gasteiger partial charge in [0.1, 0.15) is 27.8 Å². The molecule has 0 amide bonds. The number of piperazine rings is 1. The summed E-state index contributed by atoms with van der Waals surface area (Å²) in [5.74, 6) is 0.843. The molecule has 0 atom stereocenters. The monoisotopic (exact) mass is 439 g/mol. The highest BCUT2D eigenvalue weighted by Gasteiger charge is 2.22. The summed E-state index contributed by atoms with van der Waals surface area (Å²) in [5, 5.41) is 4.25. The van der Waals surface area contributed by atoms with Crippen molar-refractivity contribution in [2.45, 2.75) is 20.4 Å². The fraction of sp³-hybridized carbons (Fsp3) is 0.318. The molecule has 0 N–H and O–H groups in total. The predicted octanol–water partition coefficient (Wildman–Crippen LogP) is 4.89. The molecule has 0 aliphatic carbocycles. The van der Waals surface area contributed by atoms with Crippen molar-refractivity contribution >= 4 is 38.7 Å². The molecule has 154 valence electrons. The maximum atomic E-state index is 13.1. The molecule has 4 aromatic rings. The standard InChI is InChI=1S/C22H22FN5S2/c1-14-15(2)30-22-19(14)20(24-13-25-22)28-9-7-27(8-10-28)11-18-12-29-21(26-18)16-3-5-17(23)6-4-16/h3-6,12-13H,7-11H2,1-2H3. The third kappa shape index (κ3) is 3.71. The summed E-state index contributed by atoms with van der Waals surface area (Å²) in [6.45, 7) is 8.97. The minimum Gasteiger partial charge on any atom is -0.353 e. The second-order valence-electron chi connectivity index (χ2n) is 7.57. The normalized spacial score (nSPS) is 15.2. The number of aryl methyl sites for hydroxylation is 2. The van der Waals surface area contributed by atoms with Crippen LogP contribution in [0.1, 0.15) is 16.1 Å². The molecule has 4 heterocycles. The zero-order valence-electron chi connectivity index (χ0n) is 16.9. The van der Waals surface area contributed by atoms with Gasteiger partial charge in [-0.15, -0.1) is 22.7 Å². The topological polar surface area (TPSA) is 45.2 Å². The average molecular weight is 440 g/mol. The quantitative estimate of drug-likeness (QED) is 0.453. The van der Waals surface area contributed by atoms with Crippen LogP contribution in [0.25, 0.3) is 20.8 Å². The number of hydrogen-bond donors (Lipinski definition) is 0. The molecular weight excluding hydrogens is 417 g/mol. The first kappa shape index (κ1) is 19.5. The lowest BCUT2D eigenvalue weighted by Crippen LogP contribution is -2.46. The van der Waals surface area contributed by atoms with Crippen molar-refractivity contribution in [2.24, 2.45) is 0 Å². The van der Waals surface area contributed by atoms with Crippen molar-refractivity contribution in [3.8, 4) is 10.6 Å². The highest BCUT2D eigenvalue weighted by atomic mass is 32.1. The number of anilines is 1. The molecule has 1 fully saturated rings. The Morgan fingerprint density at radius 1 is 1.03 bits per heavy atom. The van der Waals surface area contributed by atoms with Gasteiger partial charge in [-0.2, -0.15) is 0 Å². The molecule has 1 aromatic carbocycles. The molecule has 5 nitrogen and oxygen atoms in total. The molecular formula is C22H22FN5S2. The predicted molar refractivity (Wildman–Crippen MR) is 122 cm³/mol. The summed E-state index contributed by atoms with van der Waals surface area (Å²) in [4.78, 5) is 21.0. The number of hydrogen-bond acceptors (Lipinski definition) is 7. The molecule has 8 heteroatoms. The fourth-order valence-electron chi connectivity index (χ4n) is 3.86. The van der Waals surface area contributed by atoms with Gasteiger partial charge in [0.2, 0.25) is 0 Å². The maximum absolute atomic E-state index is 13.1. The Bertz CT molecular complexity index is 1180. The summed E-state index contributed by atoms with van der Waals surface area (Å²) < 4.78 is 13.1. The Labute approximate surface area is 182 Å². The van der Waals surface area contributed by atoms with Gasteiger partial charge in [-0.3, -0.25) is 4.90 Å². The zero-order valence-corrected chi connectivity index (χ0v) is 18.6. The Balaban J connectivity index is 1.26. The first-order valence-corrected chi connectivity index (χ1v) is 11.7. The van der Waals surface area contributed by atoms with Gasteiger partial charge in [0, 0.05) is 48.5 Å². The molecule has 0 spiro atoms. The first-order valence-electron chi connectivity index (χ1n) is 9.97. The van der Waals surface area contributed by atoms with E-state index in [2.05, 4.69) is 39.0 Å². The van der Waals surface area contributed by atoms with E-state index >= 15 is 0 Å². The van der Waals surface area contributed by atoms with Crippen LogP contribution < -0.4 is 4.90 Å².